The summed E-state index contributed by atoms with van der Waals surface area (Å²) in [7, 11) is -11.2. The van der Waals surface area contributed by atoms with Gasteiger partial charge in [-0.1, -0.05) is 11.1 Å². The van der Waals surface area contributed by atoms with Crippen molar-refractivity contribution in [3.63, 3.8) is 0 Å². The molecular formula is C21H22O13S4. The summed E-state index contributed by atoms with van der Waals surface area (Å²) in [6.07, 6.45) is 0.715. The van der Waals surface area contributed by atoms with E-state index in [9.17, 15) is 29.8 Å². The minimum atomic E-state index is -4.84. The van der Waals surface area contributed by atoms with Crippen LogP contribution in [0.2, 0.25) is 0 Å². The third-order valence-corrected chi connectivity index (χ3v) is 7.79. The largest absolute Gasteiger partial charge is 0.497 e. The molecule has 0 saturated heterocycles. The van der Waals surface area contributed by atoms with Crippen LogP contribution in [0.3, 0.4) is 0 Å². The Balaban J connectivity index is 0.000000926. The van der Waals surface area contributed by atoms with E-state index in [0.717, 1.165) is 18.2 Å². The van der Waals surface area contributed by atoms with E-state index in [1.54, 1.807) is 19.1 Å². The maximum absolute atomic E-state index is 13.1. The molecule has 0 spiro atoms. The first-order valence-corrected chi connectivity index (χ1v) is 15.4. The molecule has 3 rings (SSSR count). The molecule has 0 saturated carbocycles. The molecule has 0 aliphatic heterocycles. The van der Waals surface area contributed by atoms with Gasteiger partial charge in [0.2, 0.25) is 9.84 Å². The van der Waals surface area contributed by atoms with Crippen LogP contribution >= 0.6 is 12.0 Å². The highest BCUT2D eigenvalue weighted by Gasteiger charge is 2.25. The summed E-state index contributed by atoms with van der Waals surface area (Å²) in [6, 6.07) is 13.4. The lowest BCUT2D eigenvalue weighted by molar-refractivity contribution is -0.432. The van der Waals surface area contributed by atoms with Gasteiger partial charge in [0.25, 0.3) is 20.2 Å². The molecule has 0 aliphatic rings. The molecular weight excluding hydrogens is 588 g/mol. The van der Waals surface area contributed by atoms with E-state index in [4.69, 9.17) is 19.3 Å². The molecule has 208 valence electrons. The number of rotatable bonds is 9. The second kappa shape index (κ2) is 12.9. The lowest BCUT2D eigenvalue weighted by Crippen LogP contribution is -2.07. The Kier molecular flexibility index (Phi) is 10.7. The molecule has 0 radical (unpaired) electrons. The van der Waals surface area contributed by atoms with Crippen LogP contribution in [0.1, 0.15) is 5.56 Å². The van der Waals surface area contributed by atoms with E-state index in [0.29, 0.717) is 34.5 Å². The number of benzene rings is 3. The number of sulfone groups is 1. The van der Waals surface area contributed by atoms with Crippen LogP contribution in [-0.2, 0) is 39.4 Å². The highest BCUT2D eigenvalue weighted by atomic mass is 32.2. The lowest BCUT2D eigenvalue weighted by Gasteiger charge is -2.13. The third kappa shape index (κ3) is 9.22. The van der Waals surface area contributed by atoms with Crippen molar-refractivity contribution in [2.24, 2.45) is 0 Å². The van der Waals surface area contributed by atoms with E-state index in [2.05, 4.69) is 9.37 Å². The molecule has 0 aliphatic carbocycles. The summed E-state index contributed by atoms with van der Waals surface area (Å²) >= 11 is 0.585. The van der Waals surface area contributed by atoms with Crippen LogP contribution in [0.5, 0.6) is 17.2 Å². The average molecular weight is 611 g/mol. The molecule has 0 unspecified atom stereocenters. The fourth-order valence-corrected chi connectivity index (χ4v) is 5.32. The van der Waals surface area contributed by atoms with E-state index < -0.39 is 39.9 Å². The fourth-order valence-electron chi connectivity index (χ4n) is 2.74. The Hall–Kier alpha value is -2.74. The SMILES string of the molecule is COc1ccc(Oc2ccc(S(=O)(=O)c3ccc(C)c(SOOO)c3)cc2S(=O)(=O)O)cc1.CS(=O)(=O)O. The average Bonchev–Trinajstić information content (AvgIpc) is 2.82. The van der Waals surface area contributed by atoms with Gasteiger partial charge in [0.15, 0.2) is 0 Å². The van der Waals surface area contributed by atoms with Crippen LogP contribution in [0.15, 0.2) is 80.2 Å². The molecule has 0 atom stereocenters. The van der Waals surface area contributed by atoms with Gasteiger partial charge in [-0.25, -0.2) is 13.7 Å². The molecule has 38 heavy (non-hydrogen) atoms. The molecule has 0 heterocycles. The molecule has 17 heteroatoms. The Labute approximate surface area is 223 Å². The fraction of sp³-hybridized carbons (Fsp3) is 0.143. The quantitative estimate of drug-likeness (QED) is 0.137. The summed E-state index contributed by atoms with van der Waals surface area (Å²) in [6.45, 7) is 1.68. The minimum Gasteiger partial charge on any atom is -0.497 e. The van der Waals surface area contributed by atoms with Gasteiger partial charge in [-0.3, -0.25) is 9.11 Å². The zero-order valence-electron chi connectivity index (χ0n) is 19.8. The topological polar surface area (TPSA) is 200 Å². The van der Waals surface area contributed by atoms with Crippen molar-refractivity contribution < 1.29 is 58.5 Å². The highest BCUT2D eigenvalue weighted by molar-refractivity contribution is 7.94. The zero-order chi connectivity index (χ0) is 28.7. The van der Waals surface area contributed by atoms with E-state index in [-0.39, 0.29) is 16.4 Å². The standard InChI is InChI=1S/C20H18O10S3.CH4O3S/c1-13-3-8-16(11-19(13)31-30-29-21)32(22,23)17-9-10-18(20(12-17)33(24,25)26)28-15-6-4-14(27-2)5-7-15;1-5(2,3)4/h3-12,21H,1-2H3,(H,24,25,26);1H3,(H,2,3,4). The number of ether oxygens (including phenoxy) is 2. The molecule has 3 aromatic rings. The summed E-state index contributed by atoms with van der Waals surface area (Å²) in [5, 5.41) is 11.9. The summed E-state index contributed by atoms with van der Waals surface area (Å²) in [5.41, 5.74) is 0.637. The lowest BCUT2D eigenvalue weighted by atomic mass is 10.2. The Bertz CT molecular complexity index is 1570. The summed E-state index contributed by atoms with van der Waals surface area (Å²) in [5.74, 6) is 0.517. The van der Waals surface area contributed by atoms with Gasteiger partial charge >= 0.3 is 0 Å². The summed E-state index contributed by atoms with van der Waals surface area (Å²) < 4.78 is 101. The van der Waals surface area contributed by atoms with Crippen molar-refractivity contribution in [2.45, 2.75) is 26.5 Å². The molecule has 0 bridgehead atoms. The van der Waals surface area contributed by atoms with Crippen LogP contribution in [0.25, 0.3) is 0 Å². The number of methoxy groups -OCH3 is 1. The first-order chi connectivity index (χ1) is 17.6. The number of hydrogen-bond donors (Lipinski definition) is 3. The molecule has 3 N–H and O–H groups in total. The monoisotopic (exact) mass is 610 g/mol. The Morgan fingerprint density at radius 1 is 0.789 bits per heavy atom. The molecule has 0 amide bonds. The smallest absolute Gasteiger partial charge is 0.298 e. The first kappa shape index (κ1) is 31.5. The van der Waals surface area contributed by atoms with E-state index in [1.807, 2.05) is 0 Å². The predicted molar refractivity (Wildman–Crippen MR) is 134 cm³/mol. The zero-order valence-corrected chi connectivity index (χ0v) is 23.1. The molecule has 0 fully saturated rings. The summed E-state index contributed by atoms with van der Waals surface area (Å²) in [4.78, 5) is -0.962. The van der Waals surface area contributed by atoms with E-state index in [1.165, 1.54) is 37.4 Å². The van der Waals surface area contributed by atoms with Crippen molar-refractivity contribution in [1.82, 2.24) is 0 Å². The second-order valence-electron chi connectivity index (χ2n) is 7.25. The van der Waals surface area contributed by atoms with Crippen molar-refractivity contribution in [1.29, 1.82) is 0 Å². The molecule has 13 nitrogen and oxygen atoms in total. The van der Waals surface area contributed by atoms with Crippen LogP contribution in [0, 0.1) is 6.92 Å². The molecule has 3 aromatic carbocycles. The Morgan fingerprint density at radius 2 is 1.32 bits per heavy atom. The Morgan fingerprint density at radius 3 is 1.84 bits per heavy atom. The van der Waals surface area contributed by atoms with Crippen LogP contribution < -0.4 is 9.47 Å². The maximum atomic E-state index is 13.1. The van der Waals surface area contributed by atoms with Crippen molar-refractivity contribution >= 4 is 42.1 Å². The second-order valence-corrected chi connectivity index (χ2v) is 12.8. The van der Waals surface area contributed by atoms with Gasteiger partial charge in [0.1, 0.15) is 22.1 Å². The van der Waals surface area contributed by atoms with Gasteiger partial charge in [0, 0.05) is 4.90 Å². The van der Waals surface area contributed by atoms with Crippen LogP contribution in [0.4, 0.5) is 0 Å². The normalized spacial score (nSPS) is 11.8. The van der Waals surface area contributed by atoms with Gasteiger partial charge in [0.05, 0.1) is 35.2 Å². The third-order valence-electron chi connectivity index (χ3n) is 4.41. The van der Waals surface area contributed by atoms with Crippen molar-refractivity contribution in [3.05, 3.63) is 66.2 Å². The number of hydrogen-bond acceptors (Lipinski definition) is 12. The van der Waals surface area contributed by atoms with Gasteiger partial charge in [-0.05, 0) is 67.1 Å². The van der Waals surface area contributed by atoms with E-state index >= 15 is 0 Å². The van der Waals surface area contributed by atoms with Crippen molar-refractivity contribution in [3.8, 4) is 17.2 Å². The first-order valence-electron chi connectivity index (χ1n) is 9.92. The predicted octanol–water partition coefficient (Wildman–Crippen LogP) is 3.81. The van der Waals surface area contributed by atoms with Crippen molar-refractivity contribution in [2.75, 3.05) is 13.4 Å². The number of aryl methyl sites for hydroxylation is 1. The minimum absolute atomic E-state index is 0.178. The van der Waals surface area contributed by atoms with Gasteiger partial charge in [-0.2, -0.15) is 16.8 Å². The van der Waals surface area contributed by atoms with Gasteiger partial charge < -0.3 is 9.47 Å². The highest BCUT2D eigenvalue weighted by Crippen LogP contribution is 2.34. The maximum Gasteiger partial charge on any atom is 0.298 e. The van der Waals surface area contributed by atoms with Gasteiger partial charge in [-0.15, -0.1) is 4.33 Å². The molecule has 0 aromatic heterocycles. The van der Waals surface area contributed by atoms with Crippen LogP contribution in [-0.4, -0.2) is 53.0 Å².